The van der Waals surface area contributed by atoms with E-state index in [1.807, 2.05) is 39.0 Å². The summed E-state index contributed by atoms with van der Waals surface area (Å²) in [5.41, 5.74) is -0.171. The number of ether oxygens (including phenoxy) is 12. The van der Waals surface area contributed by atoms with Crippen LogP contribution in [-0.2, 0) is 61.6 Å². The van der Waals surface area contributed by atoms with Gasteiger partial charge in [-0.1, -0.05) is 83.2 Å². The Balaban J connectivity index is 1.18. The molecule has 2 bridgehead atoms. The number of hydrogen-bond acceptors (Lipinski definition) is 16. The minimum atomic E-state index is -2.38. The lowest BCUT2D eigenvalue weighted by Crippen LogP contribution is -2.59. The molecule has 7 aliphatic rings. The summed E-state index contributed by atoms with van der Waals surface area (Å²) in [5.74, 6) is -2.97. The van der Waals surface area contributed by atoms with Crippen LogP contribution in [0.4, 0.5) is 4.79 Å². The van der Waals surface area contributed by atoms with Crippen LogP contribution < -0.4 is 5.32 Å². The maximum absolute atomic E-state index is 14.7. The fourth-order valence-corrected chi connectivity index (χ4v) is 11.2. The first-order chi connectivity index (χ1) is 34.1. The van der Waals surface area contributed by atoms with Crippen LogP contribution in [0.1, 0.15) is 98.0 Å². The maximum Gasteiger partial charge on any atom is 0.509 e. The first-order valence-electron chi connectivity index (χ1n) is 26.3. The molecule has 16 nitrogen and oxygen atoms in total. The third kappa shape index (κ3) is 11.7. The lowest BCUT2D eigenvalue weighted by molar-refractivity contribution is -0.312. The van der Waals surface area contributed by atoms with Crippen LogP contribution in [-0.4, -0.2) is 149 Å². The summed E-state index contributed by atoms with van der Waals surface area (Å²) in [6.45, 7) is 17.0. The Labute approximate surface area is 413 Å². The second kappa shape index (κ2) is 23.1. The Morgan fingerprint density at radius 3 is 2.45 bits per heavy atom. The molecule has 20 atom stereocenters. The molecule has 0 aromatic carbocycles. The van der Waals surface area contributed by atoms with Crippen molar-refractivity contribution in [3.63, 3.8) is 0 Å². The number of rotatable bonds is 12. The van der Waals surface area contributed by atoms with E-state index in [4.69, 9.17) is 61.0 Å². The monoisotopic (exact) mass is 973 g/mol. The molecule has 1 unspecified atom stereocenters. The summed E-state index contributed by atoms with van der Waals surface area (Å²) in [5, 5.41) is 15.6. The van der Waals surface area contributed by atoms with Crippen LogP contribution in [0.5, 0.6) is 0 Å². The zero-order valence-corrected chi connectivity index (χ0v) is 42.0. The Morgan fingerprint density at radius 2 is 1.72 bits per heavy atom. The number of methoxy groups -OCH3 is 2. The quantitative estimate of drug-likeness (QED) is 0.152. The van der Waals surface area contributed by atoms with E-state index >= 15 is 0 Å². The Bertz CT molecular complexity index is 2060. The van der Waals surface area contributed by atoms with Crippen molar-refractivity contribution in [2.45, 2.75) is 191 Å². The van der Waals surface area contributed by atoms with Gasteiger partial charge in [0.1, 0.15) is 36.4 Å². The van der Waals surface area contributed by atoms with Crippen LogP contribution in [0, 0.1) is 23.7 Å². The standard InChI is InChI=1S/C53H79NO15/c1-13-22-60-51(56)67-47-33(7)23-39-50(55)64-38-24-37(68-52(27-38)21-20-32(6)46(69-52)29(3)14-2)19-18-31(5)45(30(4)16-15-17-36-28-61-49(47)53(36,39)57)65-43-26-41(59-12)48(35(9)63-43)66-42-25-40(58-11)44(54-10)34(8)62-42/h13,15-18,20-21,23,29-30,32,34-35,37-49,54,57H,1,14,19,22,24-28H2,2-12H3/b16-15+,31-18+,36-17+/t29-,30-,32-,34-,35-,37+,38-,39-,40-,41-,42-,43-,44?,45-,46+,47+,48-,49+,52+,53+/m0/s1/i10D3. The van der Waals surface area contributed by atoms with Gasteiger partial charge in [-0.3, -0.25) is 4.79 Å². The molecule has 4 saturated heterocycles. The maximum atomic E-state index is 14.7. The van der Waals surface area contributed by atoms with Crippen LogP contribution in [0.2, 0.25) is 0 Å². The van der Waals surface area contributed by atoms with Crippen LogP contribution in [0.25, 0.3) is 0 Å². The van der Waals surface area contributed by atoms with E-state index in [9.17, 15) is 14.7 Å². The van der Waals surface area contributed by atoms with Crippen molar-refractivity contribution in [2.75, 3.05) is 34.4 Å². The van der Waals surface area contributed by atoms with Gasteiger partial charge in [0, 0.05) is 55.9 Å². The second-order valence-corrected chi connectivity index (χ2v) is 20.1. The molecule has 69 heavy (non-hydrogen) atoms. The van der Waals surface area contributed by atoms with Crippen molar-refractivity contribution < 1.29 is 75.7 Å². The molecule has 0 aromatic rings. The predicted molar refractivity (Wildman–Crippen MR) is 255 cm³/mol. The predicted octanol–water partition coefficient (Wildman–Crippen LogP) is 6.95. The largest absolute Gasteiger partial charge is 0.509 e. The first kappa shape index (κ1) is 49.3. The van der Waals surface area contributed by atoms with Crippen molar-refractivity contribution in [3.8, 4) is 0 Å². The summed E-state index contributed by atoms with van der Waals surface area (Å²) in [6, 6.07) is -0.575. The van der Waals surface area contributed by atoms with E-state index in [1.54, 1.807) is 40.2 Å². The Morgan fingerprint density at radius 1 is 0.986 bits per heavy atom. The van der Waals surface area contributed by atoms with Gasteiger partial charge in [0.2, 0.25) is 0 Å². The number of hydrogen-bond donors (Lipinski definition) is 2. The van der Waals surface area contributed by atoms with E-state index in [-0.39, 0.29) is 49.9 Å². The minimum Gasteiger partial charge on any atom is -0.462 e. The molecule has 7 rings (SSSR count). The minimum absolute atomic E-state index is 0.0619. The van der Waals surface area contributed by atoms with Gasteiger partial charge in [-0.05, 0) is 69.8 Å². The zero-order valence-electron chi connectivity index (χ0n) is 45.0. The molecule has 386 valence electrons. The third-order valence-corrected chi connectivity index (χ3v) is 15.2. The molecule has 6 aliphatic heterocycles. The van der Waals surface area contributed by atoms with Crippen molar-refractivity contribution in [1.29, 1.82) is 0 Å². The smallest absolute Gasteiger partial charge is 0.462 e. The molecule has 6 heterocycles. The van der Waals surface area contributed by atoms with Gasteiger partial charge in [-0.15, -0.1) is 0 Å². The summed E-state index contributed by atoms with van der Waals surface area (Å²) in [6.07, 6.45) is 8.29. The van der Waals surface area contributed by atoms with Crippen molar-refractivity contribution >= 4 is 12.1 Å². The molecular weight excluding hydrogens is 891 g/mol. The molecule has 0 saturated carbocycles. The molecule has 4 fully saturated rings. The number of carbonyl (C=O) groups is 2. The number of carbonyl (C=O) groups excluding carboxylic acids is 2. The highest BCUT2D eigenvalue weighted by Gasteiger charge is 2.61. The Hall–Kier alpha value is -3.26. The van der Waals surface area contributed by atoms with Gasteiger partial charge in [0.05, 0.1) is 55.4 Å². The number of allylic oxidation sites excluding steroid dienone is 2. The third-order valence-electron chi connectivity index (χ3n) is 15.2. The number of fused-ring (bicyclic) bond motifs is 2. The van der Waals surface area contributed by atoms with Gasteiger partial charge >= 0.3 is 12.1 Å². The molecular formula is C53H79NO15. The number of likely N-dealkylation sites (N-methyl/N-ethyl adjacent to an activating group) is 1. The van der Waals surface area contributed by atoms with E-state index in [0.717, 1.165) is 12.0 Å². The number of esters is 1. The Kier molecular flexibility index (Phi) is 16.5. The second-order valence-electron chi connectivity index (χ2n) is 20.1. The molecule has 1 spiro atoms. The van der Waals surface area contributed by atoms with E-state index in [2.05, 4.69) is 44.8 Å². The average molecular weight is 973 g/mol. The molecule has 16 heteroatoms. The molecule has 0 amide bonds. The molecule has 1 aliphatic carbocycles. The zero-order chi connectivity index (χ0) is 52.3. The lowest BCUT2D eigenvalue weighted by atomic mass is 9.70. The summed E-state index contributed by atoms with van der Waals surface area (Å²) >= 11 is 0. The van der Waals surface area contributed by atoms with E-state index in [1.165, 1.54) is 6.08 Å². The summed E-state index contributed by atoms with van der Waals surface area (Å²) in [7, 11) is 3.16. The van der Waals surface area contributed by atoms with Crippen molar-refractivity contribution in [3.05, 3.63) is 71.9 Å². The molecule has 2 N–H and O–H groups in total. The highest BCUT2D eigenvalue weighted by molar-refractivity contribution is 5.79. The van der Waals surface area contributed by atoms with Gasteiger partial charge in [-0.2, -0.15) is 0 Å². The van der Waals surface area contributed by atoms with Gasteiger partial charge in [0.25, 0.3) is 0 Å². The van der Waals surface area contributed by atoms with Crippen LogP contribution in [0.3, 0.4) is 0 Å². The van der Waals surface area contributed by atoms with Crippen LogP contribution in [0.15, 0.2) is 71.9 Å². The van der Waals surface area contributed by atoms with Crippen LogP contribution >= 0.6 is 0 Å². The molecule has 0 radical (unpaired) electrons. The van der Waals surface area contributed by atoms with Gasteiger partial charge in [0.15, 0.2) is 24.5 Å². The lowest BCUT2D eigenvalue weighted by Gasteiger charge is -2.48. The summed E-state index contributed by atoms with van der Waals surface area (Å²) < 4.78 is 98.8. The SMILES string of the molecule is [2H]C([2H])([2H])NC1[C@H](C)O[C@@H](O[C@H]2[C@H](C)O[C@@H](O[C@@H]3/C(C)=C/C[C@@H]4C[C@@H](C[C@]5(C=C[C@H](C)[C@@H]([C@@H](C)CC)O5)O4)OC(=O)[C@@H]4C=C(C)[C@@H](OC(=O)OCC=C)[C@H]5OC/C(=C\C=C\[C@@H]3C)[C@]54O)C[C@@H]2OC)C[C@@H]1OC. The number of nitrogens with one attached hydrogen (secondary N) is 1. The van der Waals surface area contributed by atoms with Crippen molar-refractivity contribution in [1.82, 2.24) is 5.32 Å². The highest BCUT2D eigenvalue weighted by atomic mass is 16.7. The first-order valence-corrected chi connectivity index (χ1v) is 24.8. The fourth-order valence-electron chi connectivity index (χ4n) is 11.2. The number of aliphatic hydroxyl groups is 1. The van der Waals surface area contributed by atoms with Crippen molar-refractivity contribution in [2.24, 2.45) is 23.7 Å². The highest BCUT2D eigenvalue weighted by Crippen LogP contribution is 2.48. The van der Waals surface area contributed by atoms with E-state index in [0.29, 0.717) is 30.4 Å². The van der Waals surface area contributed by atoms with Gasteiger partial charge < -0.3 is 67.3 Å². The topological polar surface area (TPSA) is 177 Å². The van der Waals surface area contributed by atoms with E-state index < -0.39 is 116 Å². The average Bonchev–Trinajstić information content (AvgIpc) is 3.67. The molecule has 0 aromatic heterocycles. The normalized spacial score (nSPS) is 46.0. The summed E-state index contributed by atoms with van der Waals surface area (Å²) in [4.78, 5) is 27.5. The van der Waals surface area contributed by atoms with Gasteiger partial charge in [-0.25, -0.2) is 4.79 Å². The fraction of sp³-hybridized carbons (Fsp3) is 0.736.